The molecule has 0 spiro atoms. The normalized spacial score (nSPS) is 17.2. The molecule has 3 heterocycles. The fourth-order valence-electron chi connectivity index (χ4n) is 5.71. The molecule has 0 saturated heterocycles. The van der Waals surface area contributed by atoms with Gasteiger partial charge in [0.1, 0.15) is 5.75 Å². The molecule has 4 aromatic rings. The van der Waals surface area contributed by atoms with E-state index >= 15 is 0 Å². The molecule has 6 nitrogen and oxygen atoms in total. The van der Waals surface area contributed by atoms with E-state index in [9.17, 15) is 9.59 Å². The molecular formula is C29H27N3O3. The van der Waals surface area contributed by atoms with E-state index in [1.54, 1.807) is 7.11 Å². The second-order valence-electron chi connectivity index (χ2n) is 9.55. The predicted octanol–water partition coefficient (Wildman–Crippen LogP) is 5.58. The molecule has 0 aliphatic carbocycles. The Morgan fingerprint density at radius 3 is 2.51 bits per heavy atom. The maximum atomic E-state index is 13.8. The lowest BCUT2D eigenvalue weighted by Gasteiger charge is -2.22. The summed E-state index contributed by atoms with van der Waals surface area (Å²) in [7, 11) is 1.67. The van der Waals surface area contributed by atoms with E-state index in [1.807, 2.05) is 30.3 Å². The summed E-state index contributed by atoms with van der Waals surface area (Å²) >= 11 is 0. The molecule has 0 saturated carbocycles. The van der Waals surface area contributed by atoms with Crippen LogP contribution in [0.2, 0.25) is 0 Å². The molecular weight excluding hydrogens is 438 g/mol. The van der Waals surface area contributed by atoms with Gasteiger partial charge in [0.05, 0.1) is 24.7 Å². The minimum Gasteiger partial charge on any atom is -0.496 e. The molecule has 6 rings (SSSR count). The van der Waals surface area contributed by atoms with Crippen molar-refractivity contribution in [2.75, 3.05) is 19.0 Å². The van der Waals surface area contributed by atoms with Crippen molar-refractivity contribution in [3.63, 3.8) is 0 Å². The average molecular weight is 466 g/mol. The van der Waals surface area contributed by atoms with Gasteiger partial charge < -0.3 is 14.6 Å². The number of aromatic nitrogens is 1. The van der Waals surface area contributed by atoms with Crippen LogP contribution < -0.4 is 10.1 Å². The van der Waals surface area contributed by atoms with Crippen molar-refractivity contribution < 1.29 is 14.3 Å². The maximum absolute atomic E-state index is 13.8. The van der Waals surface area contributed by atoms with E-state index in [-0.39, 0.29) is 30.3 Å². The van der Waals surface area contributed by atoms with Gasteiger partial charge in [-0.3, -0.25) is 14.5 Å². The molecule has 2 aliphatic heterocycles. The number of carbonyl (C=O) groups is 2. The number of fused-ring (bicyclic) bond motifs is 1. The molecule has 1 N–H and O–H groups in total. The summed E-state index contributed by atoms with van der Waals surface area (Å²) in [6, 6.07) is 18.6. The molecule has 176 valence electrons. The van der Waals surface area contributed by atoms with Gasteiger partial charge in [-0.1, -0.05) is 36.4 Å². The number of hydrogen-bond acceptors (Lipinski definition) is 4. The molecule has 2 aliphatic rings. The van der Waals surface area contributed by atoms with Crippen LogP contribution in [0.3, 0.4) is 0 Å². The summed E-state index contributed by atoms with van der Waals surface area (Å²) < 4.78 is 7.92. The highest BCUT2D eigenvalue weighted by atomic mass is 16.5. The van der Waals surface area contributed by atoms with Crippen LogP contribution in [-0.2, 0) is 9.59 Å². The quantitative estimate of drug-likeness (QED) is 0.429. The predicted molar refractivity (Wildman–Crippen MR) is 138 cm³/mol. The third kappa shape index (κ3) is 3.02. The highest BCUT2D eigenvalue weighted by Gasteiger charge is 2.42. The fraction of sp³-hybridized carbons (Fsp3) is 0.241. The summed E-state index contributed by atoms with van der Waals surface area (Å²) in [4.78, 5) is 27.5. The molecule has 1 aromatic heterocycles. The van der Waals surface area contributed by atoms with Crippen LogP contribution in [0, 0.1) is 0 Å². The monoisotopic (exact) mass is 465 g/mol. The first kappa shape index (κ1) is 21.5. The molecule has 0 fully saturated rings. The van der Waals surface area contributed by atoms with Crippen molar-refractivity contribution >= 4 is 39.2 Å². The molecule has 3 aromatic carbocycles. The van der Waals surface area contributed by atoms with Crippen LogP contribution in [0.5, 0.6) is 5.75 Å². The third-order valence-corrected chi connectivity index (χ3v) is 7.27. The summed E-state index contributed by atoms with van der Waals surface area (Å²) in [6.07, 6.45) is 2.18. The van der Waals surface area contributed by atoms with E-state index in [0.717, 1.165) is 49.9 Å². The second kappa shape index (κ2) is 7.73. The zero-order chi connectivity index (χ0) is 24.4. The number of hydrogen-bond donors (Lipinski definition) is 1. The second-order valence-corrected chi connectivity index (χ2v) is 9.55. The Labute approximate surface area is 203 Å². The summed E-state index contributed by atoms with van der Waals surface area (Å²) in [5, 5.41) is 6.69. The lowest BCUT2D eigenvalue weighted by molar-refractivity contribution is -0.139. The number of benzene rings is 3. The van der Waals surface area contributed by atoms with Gasteiger partial charge in [-0.15, -0.1) is 0 Å². The zero-order valence-corrected chi connectivity index (χ0v) is 20.3. The fourth-order valence-corrected chi connectivity index (χ4v) is 5.71. The van der Waals surface area contributed by atoms with Gasteiger partial charge in [-0.05, 0) is 48.6 Å². The number of rotatable bonds is 3. The van der Waals surface area contributed by atoms with Gasteiger partial charge in [0, 0.05) is 47.2 Å². The first-order valence-corrected chi connectivity index (χ1v) is 11.9. The number of nitrogens with zero attached hydrogens (tertiary/aromatic N) is 2. The van der Waals surface area contributed by atoms with Crippen LogP contribution in [0.25, 0.3) is 21.7 Å². The number of methoxy groups -OCH3 is 1. The van der Waals surface area contributed by atoms with Gasteiger partial charge in [0.25, 0.3) is 5.91 Å². The van der Waals surface area contributed by atoms with Gasteiger partial charge in [-0.2, -0.15) is 0 Å². The van der Waals surface area contributed by atoms with E-state index < -0.39 is 0 Å². The topological polar surface area (TPSA) is 63.6 Å². The van der Waals surface area contributed by atoms with Crippen LogP contribution in [0.4, 0.5) is 5.69 Å². The van der Waals surface area contributed by atoms with E-state index in [1.165, 1.54) is 11.8 Å². The Bertz CT molecular complexity index is 1580. The minimum atomic E-state index is -0.337. The Morgan fingerprint density at radius 2 is 1.80 bits per heavy atom. The minimum absolute atomic E-state index is 0.233. The lowest BCUT2D eigenvalue weighted by atomic mass is 9.82. The standard InChI is InChI=1S/C29H27N3O3/c1-16(2)31-14-21-26(20-12-13-25(35-4)19-9-6-5-8-18(19)20)28-23(15-32(17(3)33)29(28)34)30-22-10-7-11-24(31)27(21)22/h5-14,16,26,30H,15H2,1-4H3. The van der Waals surface area contributed by atoms with E-state index in [0.29, 0.717) is 5.57 Å². The van der Waals surface area contributed by atoms with E-state index in [4.69, 9.17) is 4.74 Å². The Balaban J connectivity index is 1.72. The summed E-state index contributed by atoms with van der Waals surface area (Å²) in [5.74, 6) is -0.0282. The van der Waals surface area contributed by atoms with Gasteiger partial charge in [0.15, 0.2) is 0 Å². The highest BCUT2D eigenvalue weighted by molar-refractivity contribution is 6.12. The van der Waals surface area contributed by atoms with Crippen molar-refractivity contribution in [1.29, 1.82) is 0 Å². The number of amides is 2. The van der Waals surface area contributed by atoms with Gasteiger partial charge in [0.2, 0.25) is 5.91 Å². The zero-order valence-electron chi connectivity index (χ0n) is 20.3. The van der Waals surface area contributed by atoms with Crippen molar-refractivity contribution in [3.05, 3.63) is 83.2 Å². The molecule has 6 heteroatoms. The Morgan fingerprint density at radius 1 is 1.03 bits per heavy atom. The van der Waals surface area contributed by atoms with Crippen LogP contribution >= 0.6 is 0 Å². The maximum Gasteiger partial charge on any atom is 0.259 e. The van der Waals surface area contributed by atoms with Crippen LogP contribution in [0.15, 0.2) is 72.1 Å². The number of anilines is 1. The van der Waals surface area contributed by atoms with Crippen molar-refractivity contribution in [2.24, 2.45) is 0 Å². The molecule has 35 heavy (non-hydrogen) atoms. The van der Waals surface area contributed by atoms with Crippen molar-refractivity contribution in [3.8, 4) is 5.75 Å². The number of imide groups is 1. The van der Waals surface area contributed by atoms with Crippen LogP contribution in [-0.4, -0.2) is 34.9 Å². The lowest BCUT2D eigenvalue weighted by Crippen LogP contribution is -2.33. The first-order valence-electron chi connectivity index (χ1n) is 11.9. The highest BCUT2D eigenvalue weighted by Crippen LogP contribution is 2.49. The number of ether oxygens (including phenoxy) is 1. The van der Waals surface area contributed by atoms with Crippen molar-refractivity contribution in [1.82, 2.24) is 9.47 Å². The van der Waals surface area contributed by atoms with Gasteiger partial charge >= 0.3 is 0 Å². The molecule has 1 unspecified atom stereocenters. The first-order chi connectivity index (χ1) is 16.9. The smallest absolute Gasteiger partial charge is 0.259 e. The Hall–Kier alpha value is -4.06. The third-order valence-electron chi connectivity index (χ3n) is 7.27. The SMILES string of the molecule is COc1ccc(C2C3=C(CN(C(C)=O)C3=O)Nc3cccc4c3c2cn4C(C)C)c2ccccc12. The van der Waals surface area contributed by atoms with E-state index in [2.05, 4.69) is 54.2 Å². The largest absolute Gasteiger partial charge is 0.496 e. The van der Waals surface area contributed by atoms with Crippen LogP contribution in [0.1, 0.15) is 43.9 Å². The number of carbonyl (C=O) groups excluding carboxylic acids is 2. The molecule has 2 amide bonds. The molecule has 1 atom stereocenters. The Kier molecular flexibility index (Phi) is 4.74. The van der Waals surface area contributed by atoms with Gasteiger partial charge in [-0.25, -0.2) is 0 Å². The van der Waals surface area contributed by atoms with Crippen molar-refractivity contribution in [2.45, 2.75) is 32.7 Å². The molecule has 0 bridgehead atoms. The summed E-state index contributed by atoms with van der Waals surface area (Å²) in [5.41, 5.74) is 5.59. The molecule has 0 radical (unpaired) electrons. The summed E-state index contributed by atoms with van der Waals surface area (Å²) in [6.45, 7) is 6.02. The number of nitrogens with one attached hydrogen (secondary N) is 1. The average Bonchev–Trinajstić information content (AvgIpc) is 3.35.